The molecule has 1 aliphatic carbocycles. The predicted octanol–water partition coefficient (Wildman–Crippen LogP) is -2.80. The van der Waals surface area contributed by atoms with Crippen LogP contribution in [0.4, 0.5) is 0 Å². The maximum atomic E-state index is 11.2. The number of nitrogens with zero attached hydrogens (tertiary/aromatic N) is 1. The second-order valence-electron chi connectivity index (χ2n) is 5.19. The van der Waals surface area contributed by atoms with Crippen molar-refractivity contribution in [3.8, 4) is 0 Å². The Morgan fingerprint density at radius 2 is 2.14 bits per heavy atom. The molecule has 1 saturated carbocycles. The van der Waals surface area contributed by atoms with Crippen LogP contribution in [0.2, 0.25) is 0 Å². The van der Waals surface area contributed by atoms with E-state index in [1.807, 2.05) is 0 Å². The summed E-state index contributed by atoms with van der Waals surface area (Å²) in [6, 6.07) is 2.47. The van der Waals surface area contributed by atoms with E-state index in [1.165, 1.54) is 16.8 Å². The minimum Gasteiger partial charge on any atom is -0.790 e. The van der Waals surface area contributed by atoms with Crippen LogP contribution in [-0.4, -0.2) is 34.9 Å². The molecular weight excluding hydrogens is 315 g/mol. The van der Waals surface area contributed by atoms with Crippen LogP contribution in [0.5, 0.6) is 0 Å². The first kappa shape index (κ1) is 17.0. The van der Waals surface area contributed by atoms with Gasteiger partial charge in [-0.25, -0.2) is 0 Å². The number of pyridine rings is 1. The smallest absolute Gasteiger partial charge is 0.254 e. The van der Waals surface area contributed by atoms with Crippen LogP contribution in [0.15, 0.2) is 24.5 Å². The molecule has 4 unspecified atom stereocenters. The van der Waals surface area contributed by atoms with Crippen molar-refractivity contribution in [1.29, 1.82) is 0 Å². The molecule has 9 nitrogen and oxygen atoms in total. The van der Waals surface area contributed by atoms with Gasteiger partial charge in [0.15, 0.2) is 18.4 Å². The zero-order valence-corrected chi connectivity index (χ0v) is 12.3. The summed E-state index contributed by atoms with van der Waals surface area (Å²) in [5.41, 5.74) is 5.41. The number of nitrogens with two attached hydrogens (primary N) is 1. The van der Waals surface area contributed by atoms with Crippen molar-refractivity contribution in [3.05, 3.63) is 30.1 Å². The lowest BCUT2D eigenvalue weighted by Gasteiger charge is -2.30. The monoisotopic (exact) mass is 331 g/mol. The molecule has 1 aliphatic rings. The van der Waals surface area contributed by atoms with E-state index in [1.54, 1.807) is 12.3 Å². The number of carbonyl (C=O) groups excluding carboxylic acids is 1. The molecule has 10 heteroatoms. The molecule has 0 aromatic carbocycles. The fourth-order valence-corrected chi connectivity index (χ4v) is 2.97. The highest BCUT2D eigenvalue weighted by molar-refractivity contribution is 7.43. The van der Waals surface area contributed by atoms with Gasteiger partial charge in [-0.15, -0.1) is 0 Å². The third-order valence-electron chi connectivity index (χ3n) is 3.71. The number of phosphoric ester groups is 1. The van der Waals surface area contributed by atoms with Gasteiger partial charge in [-0.1, -0.05) is 0 Å². The van der Waals surface area contributed by atoms with Crippen molar-refractivity contribution in [2.24, 2.45) is 11.7 Å². The lowest BCUT2D eigenvalue weighted by atomic mass is 10.1. The first-order valence-electron chi connectivity index (χ1n) is 6.52. The molecule has 1 amide bonds. The molecule has 4 N–H and O–H groups in total. The lowest BCUT2D eigenvalue weighted by Crippen LogP contribution is -2.45. The van der Waals surface area contributed by atoms with Gasteiger partial charge >= 0.3 is 0 Å². The Morgan fingerprint density at radius 3 is 2.73 bits per heavy atom. The quantitative estimate of drug-likeness (QED) is 0.388. The molecule has 4 atom stereocenters. The van der Waals surface area contributed by atoms with Gasteiger partial charge in [0.1, 0.15) is 11.7 Å². The molecule has 0 aliphatic heterocycles. The van der Waals surface area contributed by atoms with E-state index in [0.717, 1.165) is 0 Å². The van der Waals surface area contributed by atoms with E-state index < -0.39 is 44.5 Å². The molecule has 122 valence electrons. The number of carbonyl (C=O) groups is 1. The van der Waals surface area contributed by atoms with Gasteiger partial charge in [0.05, 0.1) is 20.5 Å². The van der Waals surface area contributed by atoms with Gasteiger partial charge < -0.3 is 34.8 Å². The fraction of sp³-hybridized carbons (Fsp3) is 0.500. The summed E-state index contributed by atoms with van der Waals surface area (Å²) < 4.78 is 16.2. The number of phosphoric acid groups is 1. The number of amides is 1. The normalized spacial score (nSPS) is 28.7. The highest BCUT2D eigenvalue weighted by atomic mass is 31.2. The van der Waals surface area contributed by atoms with Gasteiger partial charge in [0, 0.05) is 18.4 Å². The van der Waals surface area contributed by atoms with Crippen LogP contribution in [0.1, 0.15) is 22.8 Å². The van der Waals surface area contributed by atoms with Gasteiger partial charge in [0.25, 0.3) is 5.91 Å². The highest BCUT2D eigenvalue weighted by Crippen LogP contribution is 2.35. The number of aromatic nitrogens is 1. The summed E-state index contributed by atoms with van der Waals surface area (Å²) in [4.78, 5) is 32.2. The minimum absolute atomic E-state index is 0.176. The fourth-order valence-electron chi connectivity index (χ4n) is 2.59. The number of rotatable bonds is 5. The van der Waals surface area contributed by atoms with E-state index in [-0.39, 0.29) is 12.0 Å². The summed E-state index contributed by atoms with van der Waals surface area (Å²) in [6.07, 6.45) is 0.747. The van der Waals surface area contributed by atoms with E-state index >= 15 is 0 Å². The number of aliphatic hydroxyl groups is 2. The van der Waals surface area contributed by atoms with Crippen molar-refractivity contribution in [3.63, 3.8) is 0 Å². The largest absolute Gasteiger partial charge is 0.790 e. The molecule has 0 saturated heterocycles. The molecular formula is C12H16N2O7P-. The summed E-state index contributed by atoms with van der Waals surface area (Å²) >= 11 is 0. The van der Waals surface area contributed by atoms with Crippen LogP contribution in [-0.2, 0) is 9.09 Å². The predicted molar refractivity (Wildman–Crippen MR) is 67.9 cm³/mol. The Hall–Kier alpha value is -1.35. The third kappa shape index (κ3) is 3.89. The zero-order valence-electron chi connectivity index (χ0n) is 11.4. The summed E-state index contributed by atoms with van der Waals surface area (Å²) in [6.45, 7) is -0.505. The van der Waals surface area contributed by atoms with E-state index in [4.69, 9.17) is 5.73 Å². The Labute approximate surface area is 126 Å². The standard InChI is InChI=1S/C12H17N2O7P/c13-12(17)7-2-1-3-14(5-7)9-4-8(10(15)11(9)16)6-21-22(18,19)20/h1-3,5,8-11,15-16H,4,6H2,(H3-,13,17,18,19,20)/p-1. The molecule has 1 aromatic rings. The summed E-state index contributed by atoms with van der Waals surface area (Å²) in [5.74, 6) is -1.36. The second-order valence-corrected chi connectivity index (χ2v) is 6.34. The minimum atomic E-state index is -5.14. The van der Waals surface area contributed by atoms with Crippen LogP contribution in [0, 0.1) is 5.92 Å². The Kier molecular flexibility index (Phi) is 4.96. The van der Waals surface area contributed by atoms with Gasteiger partial charge in [-0.05, 0) is 6.07 Å². The average Bonchev–Trinajstić information content (AvgIpc) is 2.72. The molecule has 0 bridgehead atoms. The van der Waals surface area contributed by atoms with E-state index in [9.17, 15) is 29.4 Å². The van der Waals surface area contributed by atoms with Crippen LogP contribution >= 0.6 is 7.82 Å². The van der Waals surface area contributed by atoms with Crippen molar-refractivity contribution >= 4 is 13.7 Å². The van der Waals surface area contributed by atoms with Gasteiger partial charge in [-0.2, -0.15) is 4.57 Å². The highest BCUT2D eigenvalue weighted by Gasteiger charge is 2.47. The van der Waals surface area contributed by atoms with Crippen LogP contribution in [0.25, 0.3) is 0 Å². The Balaban J connectivity index is 2.14. The molecule has 0 spiro atoms. The summed E-state index contributed by atoms with van der Waals surface area (Å²) in [7, 11) is -5.14. The van der Waals surface area contributed by atoms with Gasteiger partial charge in [0.2, 0.25) is 0 Å². The number of aliphatic hydroxyl groups excluding tert-OH is 2. The number of hydrogen-bond donors (Lipinski definition) is 3. The maximum Gasteiger partial charge on any atom is 0.254 e. The first-order chi connectivity index (χ1) is 10.2. The van der Waals surface area contributed by atoms with E-state index in [2.05, 4.69) is 4.52 Å². The molecule has 1 heterocycles. The SMILES string of the molecule is NC(=O)c1ccc[n+](C2CC(COP(=O)([O-])[O-])C(O)C2O)c1. The maximum absolute atomic E-state index is 11.2. The lowest BCUT2D eigenvalue weighted by molar-refractivity contribution is -0.728. The van der Waals surface area contributed by atoms with Crippen molar-refractivity contribution in [2.45, 2.75) is 24.7 Å². The third-order valence-corrected chi connectivity index (χ3v) is 4.17. The second kappa shape index (κ2) is 6.41. The zero-order chi connectivity index (χ0) is 16.5. The Morgan fingerprint density at radius 1 is 1.45 bits per heavy atom. The molecule has 0 radical (unpaired) electrons. The van der Waals surface area contributed by atoms with Crippen molar-refractivity contribution < 1.29 is 38.5 Å². The number of primary amides is 1. The first-order valence-corrected chi connectivity index (χ1v) is 7.98. The molecule has 2 rings (SSSR count). The molecule has 1 aromatic heterocycles. The van der Waals surface area contributed by atoms with Crippen LogP contribution in [0.3, 0.4) is 0 Å². The molecule has 1 fully saturated rings. The average molecular weight is 331 g/mol. The topological polar surface area (TPSA) is 160 Å². The van der Waals surface area contributed by atoms with E-state index in [0.29, 0.717) is 0 Å². The van der Waals surface area contributed by atoms with Gasteiger partial charge in [-0.3, -0.25) is 4.79 Å². The van der Waals surface area contributed by atoms with Crippen LogP contribution < -0.4 is 20.1 Å². The Bertz CT molecular complexity index is 605. The molecule has 22 heavy (non-hydrogen) atoms. The summed E-state index contributed by atoms with van der Waals surface area (Å²) in [5, 5.41) is 20.0. The number of hydrogen-bond acceptors (Lipinski definition) is 7. The van der Waals surface area contributed by atoms with Crippen molar-refractivity contribution in [2.75, 3.05) is 6.61 Å². The van der Waals surface area contributed by atoms with Crippen molar-refractivity contribution in [1.82, 2.24) is 0 Å².